The Hall–Kier alpha value is -4.72. The number of carbonyl (C=O) groups excluding carboxylic acids is 1. The molecular weight excluding hydrogens is 458 g/mol. The summed E-state index contributed by atoms with van der Waals surface area (Å²) >= 11 is 0. The lowest BCUT2D eigenvalue weighted by molar-refractivity contribution is -0.142. The third kappa shape index (κ3) is 5.17. The molecule has 4 rings (SSSR count). The second-order valence-corrected chi connectivity index (χ2v) is 7.75. The van der Waals surface area contributed by atoms with Crippen molar-refractivity contribution in [2.45, 2.75) is 6.42 Å². The number of carbonyl (C=O) groups is 1. The van der Waals surface area contributed by atoms with Gasteiger partial charge in [-0.2, -0.15) is 9.78 Å². The smallest absolute Gasteiger partial charge is 0.343 e. The van der Waals surface area contributed by atoms with Gasteiger partial charge in [-0.1, -0.05) is 48.5 Å². The Morgan fingerprint density at radius 2 is 1.83 bits per heavy atom. The highest BCUT2D eigenvalue weighted by Crippen LogP contribution is 2.33. The number of nitrogens with zero attached hydrogens (tertiary/aromatic N) is 3. The van der Waals surface area contributed by atoms with E-state index in [1.54, 1.807) is 36.6 Å². The first kappa shape index (κ1) is 24.4. The Bertz CT molecular complexity index is 1490. The van der Waals surface area contributed by atoms with Crippen LogP contribution in [0.1, 0.15) is 11.1 Å². The van der Waals surface area contributed by atoms with Gasteiger partial charge in [-0.05, 0) is 36.2 Å². The zero-order valence-corrected chi connectivity index (χ0v) is 20.0. The van der Waals surface area contributed by atoms with E-state index in [2.05, 4.69) is 16.4 Å². The van der Waals surface area contributed by atoms with Crippen LogP contribution in [0, 0.1) is 0 Å². The van der Waals surface area contributed by atoms with Crippen LogP contribution in [0.15, 0.2) is 89.3 Å². The summed E-state index contributed by atoms with van der Waals surface area (Å²) in [6, 6.07) is 20.1. The Morgan fingerprint density at radius 3 is 2.56 bits per heavy atom. The summed E-state index contributed by atoms with van der Waals surface area (Å²) < 4.78 is 17.1. The second kappa shape index (κ2) is 11.1. The Morgan fingerprint density at radius 1 is 1.08 bits per heavy atom. The number of para-hydroxylation sites is 1. The molecule has 0 unspecified atom stereocenters. The maximum atomic E-state index is 13.4. The van der Waals surface area contributed by atoms with Gasteiger partial charge in [-0.25, -0.2) is 9.78 Å². The number of rotatable bonds is 9. The molecule has 1 heterocycles. The maximum Gasteiger partial charge on any atom is 0.343 e. The van der Waals surface area contributed by atoms with Crippen molar-refractivity contribution in [3.63, 3.8) is 0 Å². The van der Waals surface area contributed by atoms with Crippen molar-refractivity contribution in [2.75, 3.05) is 20.8 Å². The third-order valence-electron chi connectivity index (χ3n) is 5.41. The van der Waals surface area contributed by atoms with Gasteiger partial charge in [0.15, 0.2) is 23.9 Å². The molecule has 0 saturated heterocycles. The number of methoxy groups -OCH3 is 2. The number of allylic oxidation sites excluding steroid dienone is 1. The van der Waals surface area contributed by atoms with Crippen LogP contribution in [0.2, 0.25) is 0 Å². The molecule has 4 aromatic rings. The Labute approximate surface area is 208 Å². The zero-order chi connectivity index (χ0) is 25.5. The quantitative estimate of drug-likeness (QED) is 0.201. The number of esters is 1. The monoisotopic (exact) mass is 483 g/mol. The molecule has 36 heavy (non-hydrogen) atoms. The zero-order valence-electron chi connectivity index (χ0n) is 20.0. The van der Waals surface area contributed by atoms with Gasteiger partial charge in [0.2, 0.25) is 0 Å². The molecule has 182 valence electrons. The summed E-state index contributed by atoms with van der Waals surface area (Å²) in [7, 11) is 2.80. The highest BCUT2D eigenvalue weighted by Gasteiger charge is 2.15. The van der Waals surface area contributed by atoms with Crippen LogP contribution in [-0.2, 0) is 16.0 Å². The van der Waals surface area contributed by atoms with Crippen LogP contribution in [0.25, 0.3) is 22.3 Å². The summed E-state index contributed by atoms with van der Waals surface area (Å²) in [6.45, 7) is 3.54. The van der Waals surface area contributed by atoms with Crippen molar-refractivity contribution in [3.8, 4) is 22.9 Å². The minimum atomic E-state index is -0.510. The molecule has 0 radical (unpaired) electrons. The molecule has 0 aliphatic rings. The number of aromatic nitrogens is 2. The number of fused-ring (bicyclic) bond motifs is 1. The minimum absolute atomic E-state index is 0.261. The minimum Gasteiger partial charge on any atom is -0.493 e. The fourth-order valence-corrected chi connectivity index (χ4v) is 3.70. The van der Waals surface area contributed by atoms with Gasteiger partial charge in [-0.3, -0.25) is 4.79 Å². The van der Waals surface area contributed by atoms with E-state index in [9.17, 15) is 9.59 Å². The Kier molecular flexibility index (Phi) is 7.55. The lowest BCUT2D eigenvalue weighted by atomic mass is 10.1. The molecule has 0 aliphatic carbocycles. The van der Waals surface area contributed by atoms with E-state index in [1.165, 1.54) is 18.9 Å². The lowest BCUT2D eigenvalue weighted by Gasteiger charge is -2.15. The molecule has 0 N–H and O–H groups in total. The number of ether oxygens (including phenoxy) is 3. The van der Waals surface area contributed by atoms with Crippen molar-refractivity contribution < 1.29 is 19.0 Å². The average Bonchev–Trinajstić information content (AvgIpc) is 2.92. The van der Waals surface area contributed by atoms with E-state index < -0.39 is 5.97 Å². The second-order valence-electron chi connectivity index (χ2n) is 7.75. The molecule has 3 aromatic carbocycles. The molecule has 0 amide bonds. The SMILES string of the molecule is C=CCc1cc(C=Nn2c(-c3ccccc3)nc3ccccc3c2=O)cc(OC)c1OCC(=O)OC. The van der Waals surface area contributed by atoms with E-state index in [1.807, 2.05) is 42.5 Å². The van der Waals surface area contributed by atoms with Gasteiger partial charge >= 0.3 is 5.97 Å². The molecule has 0 spiro atoms. The molecule has 0 aliphatic heterocycles. The van der Waals surface area contributed by atoms with Crippen LogP contribution in [0.4, 0.5) is 0 Å². The topological polar surface area (TPSA) is 92.0 Å². The van der Waals surface area contributed by atoms with E-state index in [4.69, 9.17) is 14.5 Å². The van der Waals surface area contributed by atoms with Crippen molar-refractivity contribution in [3.05, 3.63) is 101 Å². The standard InChI is InChI=1S/C28H25N3O5/c1-4-10-21-15-19(16-24(34-2)26(21)36-18-25(32)35-3)17-29-31-27(20-11-6-5-7-12-20)30-23-14-9-8-13-22(23)28(31)33/h4-9,11-17H,1,10,18H2,2-3H3. The molecule has 0 atom stereocenters. The highest BCUT2D eigenvalue weighted by molar-refractivity contribution is 5.83. The summed E-state index contributed by atoms with van der Waals surface area (Å²) in [5.74, 6) is 0.733. The highest BCUT2D eigenvalue weighted by atomic mass is 16.6. The summed E-state index contributed by atoms with van der Waals surface area (Å²) in [5.41, 5.74) is 2.46. The predicted octanol–water partition coefficient (Wildman–Crippen LogP) is 4.23. The summed E-state index contributed by atoms with van der Waals surface area (Å²) in [4.78, 5) is 29.7. The Balaban J connectivity index is 1.82. The third-order valence-corrected chi connectivity index (χ3v) is 5.41. The molecule has 8 heteroatoms. The van der Waals surface area contributed by atoms with Gasteiger partial charge in [0, 0.05) is 11.1 Å². The van der Waals surface area contributed by atoms with Crippen molar-refractivity contribution in [1.82, 2.24) is 9.66 Å². The van der Waals surface area contributed by atoms with Gasteiger partial charge < -0.3 is 14.2 Å². The van der Waals surface area contributed by atoms with Crippen molar-refractivity contribution in [2.24, 2.45) is 5.10 Å². The van der Waals surface area contributed by atoms with Crippen LogP contribution >= 0.6 is 0 Å². The number of hydrogen-bond acceptors (Lipinski definition) is 7. The van der Waals surface area contributed by atoms with E-state index in [0.717, 1.165) is 11.1 Å². The van der Waals surface area contributed by atoms with Crippen LogP contribution in [-0.4, -0.2) is 42.7 Å². The summed E-state index contributed by atoms with van der Waals surface area (Å²) in [6.07, 6.45) is 3.73. The molecule has 0 fully saturated rings. The van der Waals surface area contributed by atoms with Crippen LogP contribution in [0.5, 0.6) is 11.5 Å². The molecule has 0 saturated carbocycles. The predicted molar refractivity (Wildman–Crippen MR) is 139 cm³/mol. The normalized spacial score (nSPS) is 10.9. The van der Waals surface area contributed by atoms with E-state index in [-0.39, 0.29) is 12.2 Å². The largest absolute Gasteiger partial charge is 0.493 e. The van der Waals surface area contributed by atoms with Crippen molar-refractivity contribution >= 4 is 23.1 Å². The lowest BCUT2D eigenvalue weighted by Crippen LogP contribution is -2.20. The van der Waals surface area contributed by atoms with Crippen LogP contribution < -0.4 is 15.0 Å². The van der Waals surface area contributed by atoms with Gasteiger partial charge in [0.25, 0.3) is 5.56 Å². The molecular formula is C28H25N3O5. The van der Waals surface area contributed by atoms with Crippen LogP contribution in [0.3, 0.4) is 0 Å². The van der Waals surface area contributed by atoms with Crippen molar-refractivity contribution in [1.29, 1.82) is 0 Å². The average molecular weight is 484 g/mol. The fraction of sp³-hybridized carbons (Fsp3) is 0.143. The maximum absolute atomic E-state index is 13.4. The van der Waals surface area contributed by atoms with E-state index >= 15 is 0 Å². The fourth-order valence-electron chi connectivity index (χ4n) is 3.70. The number of benzene rings is 3. The number of hydrogen-bond donors (Lipinski definition) is 0. The summed E-state index contributed by atoms with van der Waals surface area (Å²) in [5, 5.41) is 4.98. The first-order valence-electron chi connectivity index (χ1n) is 11.2. The molecule has 8 nitrogen and oxygen atoms in total. The van der Waals surface area contributed by atoms with Gasteiger partial charge in [-0.15, -0.1) is 6.58 Å². The molecule has 0 bridgehead atoms. The molecule has 1 aromatic heterocycles. The van der Waals surface area contributed by atoms with E-state index in [0.29, 0.717) is 40.2 Å². The first-order valence-corrected chi connectivity index (χ1v) is 11.2. The first-order chi connectivity index (χ1) is 17.5. The van der Waals surface area contributed by atoms with Gasteiger partial charge in [0.05, 0.1) is 31.3 Å². The van der Waals surface area contributed by atoms with Gasteiger partial charge in [0.1, 0.15) is 0 Å².